The lowest BCUT2D eigenvalue weighted by molar-refractivity contribution is -0.138. The Hall–Kier alpha value is -1.14. The molecule has 0 radical (unpaired) electrons. The van der Waals surface area contributed by atoms with Gasteiger partial charge in [0.15, 0.2) is 0 Å². The molecule has 2 N–H and O–H groups in total. The summed E-state index contributed by atoms with van der Waals surface area (Å²) in [5.74, 6) is -0.423. The van der Waals surface area contributed by atoms with Gasteiger partial charge in [-0.1, -0.05) is 0 Å². The van der Waals surface area contributed by atoms with Crippen molar-refractivity contribution in [3.8, 4) is 0 Å². The van der Waals surface area contributed by atoms with Crippen LogP contribution in [0.5, 0.6) is 0 Å². The number of carbonyl (C=O) groups is 2. The van der Waals surface area contributed by atoms with Crippen molar-refractivity contribution in [3.05, 3.63) is 0 Å². The Morgan fingerprint density at radius 1 is 1.25 bits per heavy atom. The summed E-state index contributed by atoms with van der Waals surface area (Å²) >= 11 is 0. The average molecular weight is 284 g/mol. The van der Waals surface area contributed by atoms with Gasteiger partial charge in [0.05, 0.1) is 12.6 Å². The standard InChI is InChI=1S/C14H24N2O4/c17-13(15-9-12-2-1-7-20-12)10-16-5-3-11(4-6-16)8-14(18)19/h11-12H,1-10H2,(H,15,17)(H,18,19). The summed E-state index contributed by atoms with van der Waals surface area (Å²) in [6.07, 6.45) is 4.27. The molecule has 0 bridgehead atoms. The van der Waals surface area contributed by atoms with Crippen LogP contribution >= 0.6 is 0 Å². The van der Waals surface area contributed by atoms with Crippen LogP contribution in [-0.2, 0) is 14.3 Å². The van der Waals surface area contributed by atoms with Crippen LogP contribution in [0.3, 0.4) is 0 Å². The number of nitrogens with zero attached hydrogens (tertiary/aromatic N) is 1. The van der Waals surface area contributed by atoms with Crippen molar-refractivity contribution in [1.82, 2.24) is 10.2 Å². The van der Waals surface area contributed by atoms with Gasteiger partial charge in [0, 0.05) is 19.6 Å². The fourth-order valence-corrected chi connectivity index (χ4v) is 2.89. The van der Waals surface area contributed by atoms with Crippen LogP contribution in [0.2, 0.25) is 0 Å². The van der Waals surface area contributed by atoms with E-state index in [2.05, 4.69) is 10.2 Å². The first-order valence-electron chi connectivity index (χ1n) is 7.46. The van der Waals surface area contributed by atoms with Crippen LogP contribution in [0.1, 0.15) is 32.1 Å². The van der Waals surface area contributed by atoms with Crippen molar-refractivity contribution < 1.29 is 19.4 Å². The molecule has 1 atom stereocenters. The van der Waals surface area contributed by atoms with Gasteiger partial charge < -0.3 is 15.2 Å². The molecule has 0 aromatic carbocycles. The van der Waals surface area contributed by atoms with Gasteiger partial charge in [0.25, 0.3) is 0 Å². The SMILES string of the molecule is O=C(O)CC1CCN(CC(=O)NCC2CCCO2)CC1. The van der Waals surface area contributed by atoms with Crippen molar-refractivity contribution in [2.75, 3.05) is 32.8 Å². The number of carboxylic acids is 1. The molecule has 2 aliphatic heterocycles. The van der Waals surface area contributed by atoms with E-state index < -0.39 is 5.97 Å². The van der Waals surface area contributed by atoms with Gasteiger partial charge in [0.2, 0.25) is 5.91 Å². The number of ether oxygens (including phenoxy) is 1. The highest BCUT2D eigenvalue weighted by Gasteiger charge is 2.23. The van der Waals surface area contributed by atoms with Crippen LogP contribution < -0.4 is 5.32 Å². The Morgan fingerprint density at radius 2 is 2.00 bits per heavy atom. The summed E-state index contributed by atoms with van der Waals surface area (Å²) in [6, 6.07) is 0. The fraction of sp³-hybridized carbons (Fsp3) is 0.857. The Kier molecular flexibility index (Phi) is 5.79. The van der Waals surface area contributed by atoms with E-state index in [0.717, 1.165) is 45.4 Å². The van der Waals surface area contributed by atoms with Crippen LogP contribution in [0.15, 0.2) is 0 Å². The molecular weight excluding hydrogens is 260 g/mol. The quantitative estimate of drug-likeness (QED) is 0.741. The zero-order valence-electron chi connectivity index (χ0n) is 11.8. The molecule has 0 aromatic rings. The minimum atomic E-state index is -0.724. The normalized spacial score (nSPS) is 24.7. The number of nitrogens with one attached hydrogen (secondary N) is 1. The van der Waals surface area contributed by atoms with Gasteiger partial charge in [-0.05, 0) is 44.7 Å². The van der Waals surface area contributed by atoms with E-state index >= 15 is 0 Å². The highest BCUT2D eigenvalue weighted by Crippen LogP contribution is 2.20. The molecule has 2 rings (SSSR count). The lowest BCUT2D eigenvalue weighted by atomic mass is 9.94. The zero-order valence-corrected chi connectivity index (χ0v) is 11.8. The maximum Gasteiger partial charge on any atom is 0.303 e. The van der Waals surface area contributed by atoms with Gasteiger partial charge >= 0.3 is 5.97 Å². The third-order valence-electron chi connectivity index (χ3n) is 4.09. The van der Waals surface area contributed by atoms with Crippen molar-refractivity contribution in [1.29, 1.82) is 0 Å². The minimum Gasteiger partial charge on any atom is -0.481 e. The summed E-state index contributed by atoms with van der Waals surface area (Å²) in [4.78, 5) is 24.6. The molecule has 114 valence electrons. The first kappa shape index (κ1) is 15.3. The monoisotopic (exact) mass is 284 g/mol. The predicted octanol–water partition coefficient (Wildman–Crippen LogP) is 0.468. The molecule has 0 saturated carbocycles. The highest BCUT2D eigenvalue weighted by atomic mass is 16.5. The molecule has 2 fully saturated rings. The van der Waals surface area contributed by atoms with Crippen LogP contribution in [0, 0.1) is 5.92 Å². The predicted molar refractivity (Wildman–Crippen MR) is 73.4 cm³/mol. The zero-order chi connectivity index (χ0) is 14.4. The van der Waals surface area contributed by atoms with E-state index in [0.29, 0.717) is 13.1 Å². The maximum absolute atomic E-state index is 11.8. The molecule has 2 saturated heterocycles. The second-order valence-electron chi connectivity index (χ2n) is 5.76. The Balaban J connectivity index is 1.59. The van der Waals surface area contributed by atoms with Gasteiger partial charge in [0.1, 0.15) is 0 Å². The van der Waals surface area contributed by atoms with E-state index in [9.17, 15) is 9.59 Å². The van der Waals surface area contributed by atoms with E-state index in [1.165, 1.54) is 0 Å². The average Bonchev–Trinajstić information content (AvgIpc) is 2.91. The molecule has 6 nitrogen and oxygen atoms in total. The van der Waals surface area contributed by atoms with Crippen LogP contribution in [0.4, 0.5) is 0 Å². The Morgan fingerprint density at radius 3 is 2.60 bits per heavy atom. The highest BCUT2D eigenvalue weighted by molar-refractivity contribution is 5.78. The van der Waals surface area contributed by atoms with E-state index in [1.54, 1.807) is 0 Å². The van der Waals surface area contributed by atoms with E-state index in [4.69, 9.17) is 9.84 Å². The second-order valence-corrected chi connectivity index (χ2v) is 5.76. The van der Waals surface area contributed by atoms with Crippen molar-refractivity contribution in [2.24, 2.45) is 5.92 Å². The third-order valence-corrected chi connectivity index (χ3v) is 4.09. The molecule has 20 heavy (non-hydrogen) atoms. The number of hydrogen-bond donors (Lipinski definition) is 2. The van der Waals surface area contributed by atoms with Crippen molar-refractivity contribution >= 4 is 11.9 Å². The summed E-state index contributed by atoms with van der Waals surface area (Å²) in [5, 5.41) is 11.7. The van der Waals surface area contributed by atoms with E-state index in [-0.39, 0.29) is 24.3 Å². The minimum absolute atomic E-state index is 0.0391. The number of carboxylic acid groups (broad SMARTS) is 1. The molecular formula is C14H24N2O4. The molecule has 1 unspecified atom stereocenters. The maximum atomic E-state index is 11.8. The van der Waals surface area contributed by atoms with Crippen LogP contribution in [0.25, 0.3) is 0 Å². The van der Waals surface area contributed by atoms with E-state index in [1.807, 2.05) is 0 Å². The Labute approximate surface area is 119 Å². The second kappa shape index (κ2) is 7.59. The first-order chi connectivity index (χ1) is 9.63. The van der Waals surface area contributed by atoms with Gasteiger partial charge in [-0.25, -0.2) is 0 Å². The number of rotatable bonds is 6. The van der Waals surface area contributed by atoms with Gasteiger partial charge in [-0.2, -0.15) is 0 Å². The molecule has 2 aliphatic rings. The number of likely N-dealkylation sites (tertiary alicyclic amines) is 1. The summed E-state index contributed by atoms with van der Waals surface area (Å²) < 4.78 is 5.46. The summed E-state index contributed by atoms with van der Waals surface area (Å²) in [5.41, 5.74) is 0. The molecule has 6 heteroatoms. The summed E-state index contributed by atoms with van der Waals surface area (Å²) in [6.45, 7) is 3.44. The lowest BCUT2D eigenvalue weighted by Gasteiger charge is -2.30. The van der Waals surface area contributed by atoms with Crippen LogP contribution in [-0.4, -0.2) is 60.8 Å². The number of aliphatic carboxylic acids is 1. The molecule has 1 amide bonds. The molecule has 2 heterocycles. The Bertz CT molecular complexity index is 334. The molecule has 0 aromatic heterocycles. The van der Waals surface area contributed by atoms with Gasteiger partial charge in [-0.3, -0.25) is 14.5 Å². The third kappa shape index (κ3) is 5.09. The van der Waals surface area contributed by atoms with Gasteiger partial charge in [-0.15, -0.1) is 0 Å². The lowest BCUT2D eigenvalue weighted by Crippen LogP contribution is -2.43. The smallest absolute Gasteiger partial charge is 0.303 e. The largest absolute Gasteiger partial charge is 0.481 e. The number of amides is 1. The van der Waals surface area contributed by atoms with Crippen molar-refractivity contribution in [3.63, 3.8) is 0 Å². The first-order valence-corrected chi connectivity index (χ1v) is 7.46. The summed E-state index contributed by atoms with van der Waals surface area (Å²) in [7, 11) is 0. The molecule has 0 aliphatic carbocycles. The number of hydrogen-bond acceptors (Lipinski definition) is 4. The molecule has 0 spiro atoms. The fourth-order valence-electron chi connectivity index (χ4n) is 2.89. The number of carbonyl (C=O) groups excluding carboxylic acids is 1. The van der Waals surface area contributed by atoms with Crippen molar-refractivity contribution in [2.45, 2.75) is 38.2 Å². The number of piperidine rings is 1. The topological polar surface area (TPSA) is 78.9 Å².